The lowest BCUT2D eigenvalue weighted by molar-refractivity contribution is 0.608. The third-order valence-corrected chi connectivity index (χ3v) is 3.44. The highest BCUT2D eigenvalue weighted by atomic mass is 14.0. The summed E-state index contributed by atoms with van der Waals surface area (Å²) in [4.78, 5) is 0. The van der Waals surface area contributed by atoms with E-state index in [1.165, 1.54) is 24.0 Å². The van der Waals surface area contributed by atoms with E-state index in [1.807, 2.05) is 36.4 Å². The second-order valence-electron chi connectivity index (χ2n) is 4.96. The number of allylic oxidation sites excluding steroid dienone is 1. The molecule has 0 atom stereocenters. The second-order valence-corrected chi connectivity index (χ2v) is 4.96. The van der Waals surface area contributed by atoms with Crippen molar-refractivity contribution in [2.45, 2.75) is 26.7 Å². The van der Waals surface area contributed by atoms with Crippen LogP contribution in [-0.2, 0) is 0 Å². The largest absolute Gasteiger partial charge is 0.0985 e. The van der Waals surface area contributed by atoms with Gasteiger partial charge in [0.05, 0.1) is 0 Å². The monoisotopic (exact) mass is 278 g/mol. The van der Waals surface area contributed by atoms with Crippen molar-refractivity contribution in [3.05, 3.63) is 84.4 Å². The highest BCUT2D eigenvalue weighted by molar-refractivity contribution is 5.48. The molecule has 0 bridgehead atoms. The van der Waals surface area contributed by atoms with Gasteiger partial charge >= 0.3 is 0 Å². The smallest absolute Gasteiger partial charge is 0.0235 e. The number of hydrogen-bond donors (Lipinski definition) is 0. The summed E-state index contributed by atoms with van der Waals surface area (Å²) >= 11 is 0. The number of rotatable bonds is 5. The van der Waals surface area contributed by atoms with Crippen LogP contribution in [0.1, 0.15) is 37.8 Å². The lowest BCUT2D eigenvalue weighted by Crippen LogP contribution is -1.89. The topological polar surface area (TPSA) is 0 Å². The average molecular weight is 278 g/mol. The summed E-state index contributed by atoms with van der Waals surface area (Å²) in [6.45, 7) is 8.11. The molecule has 0 unspecified atom stereocenters. The summed E-state index contributed by atoms with van der Waals surface area (Å²) in [6.07, 6.45) is 8.84. The Hall–Kier alpha value is -2.08. The van der Waals surface area contributed by atoms with Crippen LogP contribution >= 0.6 is 0 Å². The van der Waals surface area contributed by atoms with Crippen LogP contribution in [-0.4, -0.2) is 0 Å². The Labute approximate surface area is 129 Å². The van der Waals surface area contributed by atoms with Crippen molar-refractivity contribution in [3.8, 4) is 0 Å². The molecule has 0 N–H and O–H groups in total. The third kappa shape index (κ3) is 7.31. The Kier molecular flexibility index (Phi) is 8.63. The molecule has 0 saturated heterocycles. The van der Waals surface area contributed by atoms with E-state index in [2.05, 4.69) is 62.9 Å². The van der Waals surface area contributed by atoms with Gasteiger partial charge in [-0.3, -0.25) is 0 Å². The van der Waals surface area contributed by atoms with E-state index in [-0.39, 0.29) is 0 Å². The molecule has 110 valence electrons. The normalized spacial score (nSPS) is 10.2. The minimum atomic E-state index is 0.736. The molecule has 0 heteroatoms. The Morgan fingerprint density at radius 3 is 1.67 bits per heavy atom. The van der Waals surface area contributed by atoms with Crippen LogP contribution in [0.25, 0.3) is 12.2 Å². The van der Waals surface area contributed by atoms with Gasteiger partial charge in [-0.15, -0.1) is 0 Å². The molecule has 2 aromatic carbocycles. The minimum Gasteiger partial charge on any atom is -0.0985 e. The van der Waals surface area contributed by atoms with Crippen LogP contribution < -0.4 is 0 Å². The van der Waals surface area contributed by atoms with E-state index in [9.17, 15) is 0 Å². The Morgan fingerprint density at radius 1 is 0.810 bits per heavy atom. The van der Waals surface area contributed by atoms with Crippen molar-refractivity contribution in [2.24, 2.45) is 5.92 Å². The molecule has 0 radical (unpaired) electrons. The average Bonchev–Trinajstić information content (AvgIpc) is 2.58. The zero-order valence-corrected chi connectivity index (χ0v) is 13.2. The summed E-state index contributed by atoms with van der Waals surface area (Å²) in [6, 6.07) is 20.5. The van der Waals surface area contributed by atoms with Gasteiger partial charge in [-0.1, -0.05) is 99.3 Å². The predicted molar refractivity (Wildman–Crippen MR) is 96.1 cm³/mol. The lowest BCUT2D eigenvalue weighted by Gasteiger charge is -2.04. The van der Waals surface area contributed by atoms with E-state index < -0.39 is 0 Å². The molecule has 0 spiro atoms. The molecule has 0 heterocycles. The van der Waals surface area contributed by atoms with Gasteiger partial charge in [0.1, 0.15) is 0 Å². The van der Waals surface area contributed by atoms with Gasteiger partial charge in [-0.05, 0) is 29.9 Å². The van der Waals surface area contributed by atoms with E-state index in [4.69, 9.17) is 0 Å². The summed E-state index contributed by atoms with van der Waals surface area (Å²) in [5.74, 6) is 0.736. The summed E-state index contributed by atoms with van der Waals surface area (Å²) < 4.78 is 0. The molecular weight excluding hydrogens is 252 g/mol. The van der Waals surface area contributed by atoms with Gasteiger partial charge in [0.2, 0.25) is 0 Å². The minimum absolute atomic E-state index is 0.736. The first-order valence-corrected chi connectivity index (χ1v) is 7.70. The Bertz CT molecular complexity index is 504. The molecule has 0 saturated carbocycles. The quantitative estimate of drug-likeness (QED) is 0.588. The third-order valence-electron chi connectivity index (χ3n) is 3.44. The maximum atomic E-state index is 3.63. The zero-order chi connectivity index (χ0) is 15.3. The van der Waals surface area contributed by atoms with Crippen LogP contribution in [0.3, 0.4) is 0 Å². The van der Waals surface area contributed by atoms with Gasteiger partial charge in [0.25, 0.3) is 0 Å². The standard InChI is InChI=1S/C13H18.C8H8/c1-3-12(4-2)10-11-13-8-6-5-7-9-13;1-2-8-6-4-3-5-7-8/h5-12H,3-4H2,1-2H3;2-7H,1H2. The molecule has 0 aromatic heterocycles. The molecule has 2 rings (SSSR count). The Morgan fingerprint density at radius 2 is 1.29 bits per heavy atom. The van der Waals surface area contributed by atoms with Crippen molar-refractivity contribution in [3.63, 3.8) is 0 Å². The van der Waals surface area contributed by atoms with Crippen molar-refractivity contribution in [2.75, 3.05) is 0 Å². The molecule has 2 aromatic rings. The number of benzene rings is 2. The first-order chi connectivity index (χ1) is 10.3. The molecule has 0 nitrogen and oxygen atoms in total. The van der Waals surface area contributed by atoms with Crippen LogP contribution in [0.5, 0.6) is 0 Å². The van der Waals surface area contributed by atoms with Crippen molar-refractivity contribution < 1.29 is 0 Å². The molecule has 0 amide bonds. The highest BCUT2D eigenvalue weighted by Gasteiger charge is 1.95. The lowest BCUT2D eigenvalue weighted by atomic mass is 10.0. The number of hydrogen-bond acceptors (Lipinski definition) is 0. The fraction of sp³-hybridized carbons (Fsp3) is 0.238. The summed E-state index contributed by atoms with van der Waals surface area (Å²) in [5, 5.41) is 0. The van der Waals surface area contributed by atoms with Gasteiger partial charge in [0, 0.05) is 0 Å². The summed E-state index contributed by atoms with van der Waals surface area (Å²) in [5.41, 5.74) is 2.47. The second kappa shape index (κ2) is 10.7. The fourth-order valence-corrected chi connectivity index (χ4v) is 1.96. The molecular formula is C21H26. The zero-order valence-electron chi connectivity index (χ0n) is 13.2. The highest BCUT2D eigenvalue weighted by Crippen LogP contribution is 2.11. The molecule has 0 aliphatic heterocycles. The molecule has 0 fully saturated rings. The maximum Gasteiger partial charge on any atom is -0.0235 e. The van der Waals surface area contributed by atoms with Crippen molar-refractivity contribution >= 4 is 12.2 Å². The van der Waals surface area contributed by atoms with Crippen LogP contribution in [0.4, 0.5) is 0 Å². The van der Waals surface area contributed by atoms with E-state index in [0.717, 1.165) is 5.92 Å². The van der Waals surface area contributed by atoms with E-state index in [0.29, 0.717) is 0 Å². The molecule has 0 aliphatic carbocycles. The van der Waals surface area contributed by atoms with Crippen molar-refractivity contribution in [1.29, 1.82) is 0 Å². The van der Waals surface area contributed by atoms with Crippen LogP contribution in [0.2, 0.25) is 0 Å². The predicted octanol–water partition coefficient (Wildman–Crippen LogP) is 6.47. The van der Waals surface area contributed by atoms with Gasteiger partial charge in [0.15, 0.2) is 0 Å². The fourth-order valence-electron chi connectivity index (χ4n) is 1.96. The molecule has 21 heavy (non-hydrogen) atoms. The van der Waals surface area contributed by atoms with Gasteiger partial charge in [-0.25, -0.2) is 0 Å². The van der Waals surface area contributed by atoms with E-state index in [1.54, 1.807) is 0 Å². The van der Waals surface area contributed by atoms with E-state index >= 15 is 0 Å². The van der Waals surface area contributed by atoms with Gasteiger partial charge < -0.3 is 0 Å². The van der Waals surface area contributed by atoms with Gasteiger partial charge in [-0.2, -0.15) is 0 Å². The first kappa shape index (κ1) is 17.0. The Balaban J connectivity index is 0.000000235. The van der Waals surface area contributed by atoms with Crippen LogP contribution in [0, 0.1) is 5.92 Å². The van der Waals surface area contributed by atoms with Crippen LogP contribution in [0.15, 0.2) is 73.3 Å². The SMILES string of the molecule is C=Cc1ccccc1.CCC(C=Cc1ccccc1)CC. The van der Waals surface area contributed by atoms with Crippen molar-refractivity contribution in [1.82, 2.24) is 0 Å². The maximum absolute atomic E-state index is 3.63. The first-order valence-electron chi connectivity index (χ1n) is 7.70. The summed E-state index contributed by atoms with van der Waals surface area (Å²) in [7, 11) is 0. The molecule has 0 aliphatic rings.